The van der Waals surface area contributed by atoms with Crippen molar-refractivity contribution < 1.29 is 23.9 Å². The van der Waals surface area contributed by atoms with E-state index in [1.807, 2.05) is 36.4 Å². The summed E-state index contributed by atoms with van der Waals surface area (Å²) in [7, 11) is 0. The van der Waals surface area contributed by atoms with Crippen molar-refractivity contribution in [3.05, 3.63) is 69.0 Å². The minimum Gasteiger partial charge on any atom is -0.488 e. The molecule has 6 nitrogen and oxygen atoms in total. The predicted molar refractivity (Wildman–Crippen MR) is 123 cm³/mol. The highest BCUT2D eigenvalue weighted by Gasteiger charge is 2.37. The zero-order chi connectivity index (χ0) is 22.6. The molecule has 0 N–H and O–H groups in total. The Bertz CT molecular complexity index is 1030. The van der Waals surface area contributed by atoms with Gasteiger partial charge in [-0.2, -0.15) is 0 Å². The fraction of sp³-hybridized carbons (Fsp3) is 0.261. The van der Waals surface area contributed by atoms with Gasteiger partial charge in [0.25, 0.3) is 11.1 Å². The van der Waals surface area contributed by atoms with E-state index in [0.717, 1.165) is 26.7 Å². The van der Waals surface area contributed by atoms with Crippen molar-refractivity contribution >= 4 is 50.9 Å². The molecule has 2 aromatic carbocycles. The maximum atomic E-state index is 12.7. The second kappa shape index (κ2) is 9.70. The summed E-state index contributed by atoms with van der Waals surface area (Å²) in [6.07, 6.45) is 1.61. The van der Waals surface area contributed by atoms with E-state index < -0.39 is 29.3 Å². The Morgan fingerprint density at radius 1 is 1.10 bits per heavy atom. The highest BCUT2D eigenvalue weighted by atomic mass is 79.9. The van der Waals surface area contributed by atoms with Crippen LogP contribution in [-0.2, 0) is 20.9 Å². The van der Waals surface area contributed by atoms with Gasteiger partial charge in [0.15, 0.2) is 0 Å². The number of halogens is 1. The number of carbonyl (C=O) groups is 3. The molecule has 31 heavy (non-hydrogen) atoms. The van der Waals surface area contributed by atoms with Crippen molar-refractivity contribution in [1.29, 1.82) is 0 Å². The van der Waals surface area contributed by atoms with Gasteiger partial charge in [-0.1, -0.05) is 46.3 Å². The first-order valence-electron chi connectivity index (χ1n) is 9.56. The van der Waals surface area contributed by atoms with E-state index in [4.69, 9.17) is 9.47 Å². The lowest BCUT2D eigenvalue weighted by molar-refractivity contribution is -0.156. The molecule has 1 fully saturated rings. The van der Waals surface area contributed by atoms with Crippen LogP contribution in [0.3, 0.4) is 0 Å². The van der Waals surface area contributed by atoms with Crippen LogP contribution in [0.15, 0.2) is 57.9 Å². The molecule has 0 aliphatic carbocycles. The molecule has 0 radical (unpaired) electrons. The highest BCUT2D eigenvalue weighted by Crippen LogP contribution is 2.34. The number of benzene rings is 2. The first kappa shape index (κ1) is 23.1. The topological polar surface area (TPSA) is 72.9 Å². The Labute approximate surface area is 193 Å². The van der Waals surface area contributed by atoms with Crippen LogP contribution in [-0.4, -0.2) is 34.2 Å². The van der Waals surface area contributed by atoms with Gasteiger partial charge in [-0.25, -0.2) is 0 Å². The van der Waals surface area contributed by atoms with Gasteiger partial charge in [0.2, 0.25) is 0 Å². The van der Waals surface area contributed by atoms with Crippen LogP contribution >= 0.6 is 27.7 Å². The first-order chi connectivity index (χ1) is 14.6. The third-order valence-corrected chi connectivity index (χ3v) is 5.53. The van der Waals surface area contributed by atoms with Crippen LogP contribution in [0, 0.1) is 0 Å². The number of imide groups is 1. The Morgan fingerprint density at radius 3 is 2.45 bits per heavy atom. The summed E-state index contributed by atoms with van der Waals surface area (Å²) in [5, 5.41) is -0.504. The molecule has 1 aliphatic rings. The maximum Gasteiger partial charge on any atom is 0.326 e. The fourth-order valence-corrected chi connectivity index (χ4v) is 3.85. The molecule has 0 bridgehead atoms. The molecular weight excluding hydrogens is 482 g/mol. The second-order valence-corrected chi connectivity index (χ2v) is 9.72. The number of para-hydroxylation sites is 1. The minimum atomic E-state index is -0.695. The van der Waals surface area contributed by atoms with Crippen molar-refractivity contribution in [3.8, 4) is 5.75 Å². The first-order valence-corrected chi connectivity index (χ1v) is 11.2. The van der Waals surface area contributed by atoms with E-state index in [0.29, 0.717) is 17.9 Å². The zero-order valence-corrected chi connectivity index (χ0v) is 19.8. The Kier molecular flexibility index (Phi) is 7.23. The van der Waals surface area contributed by atoms with E-state index in [1.54, 1.807) is 39.0 Å². The molecule has 8 heteroatoms. The average Bonchev–Trinajstić information content (AvgIpc) is 2.94. The van der Waals surface area contributed by atoms with E-state index in [9.17, 15) is 14.4 Å². The van der Waals surface area contributed by atoms with Gasteiger partial charge < -0.3 is 9.47 Å². The molecule has 0 spiro atoms. The highest BCUT2D eigenvalue weighted by molar-refractivity contribution is 9.10. The summed E-state index contributed by atoms with van der Waals surface area (Å²) in [6, 6.07) is 15.0. The SMILES string of the molecule is CC(C)(C)OC(=O)CN1C(=O)SC(=Cc2ccccc2OCc2ccc(Br)cc2)C1=O. The largest absolute Gasteiger partial charge is 0.488 e. The lowest BCUT2D eigenvalue weighted by atomic mass is 10.1. The van der Waals surface area contributed by atoms with Crippen molar-refractivity contribution in [2.75, 3.05) is 6.54 Å². The second-order valence-electron chi connectivity index (χ2n) is 7.81. The van der Waals surface area contributed by atoms with Crippen LogP contribution in [0.1, 0.15) is 31.9 Å². The number of nitrogens with zero attached hydrogens (tertiary/aromatic N) is 1. The van der Waals surface area contributed by atoms with Crippen molar-refractivity contribution in [2.24, 2.45) is 0 Å². The third kappa shape index (κ3) is 6.45. The van der Waals surface area contributed by atoms with Gasteiger partial charge in [0.05, 0.1) is 4.91 Å². The lowest BCUT2D eigenvalue weighted by Gasteiger charge is -2.21. The number of rotatable bonds is 6. The van der Waals surface area contributed by atoms with Gasteiger partial charge in [-0.3, -0.25) is 19.3 Å². The molecule has 162 valence electrons. The van der Waals surface area contributed by atoms with E-state index in [-0.39, 0.29) is 4.91 Å². The van der Waals surface area contributed by atoms with Gasteiger partial charge in [0, 0.05) is 10.0 Å². The normalized spacial score (nSPS) is 15.5. The van der Waals surface area contributed by atoms with Gasteiger partial charge >= 0.3 is 5.97 Å². The number of carbonyl (C=O) groups excluding carboxylic acids is 3. The molecule has 3 rings (SSSR count). The van der Waals surface area contributed by atoms with E-state index in [1.165, 1.54) is 0 Å². The molecule has 0 aromatic heterocycles. The van der Waals surface area contributed by atoms with Gasteiger partial charge in [-0.15, -0.1) is 0 Å². The van der Waals surface area contributed by atoms with Crippen LogP contribution in [0.4, 0.5) is 4.79 Å². The van der Waals surface area contributed by atoms with Crippen LogP contribution in [0.5, 0.6) is 5.75 Å². The number of ether oxygens (including phenoxy) is 2. The molecule has 1 heterocycles. The molecular formula is C23H22BrNO5S. The number of hydrogen-bond acceptors (Lipinski definition) is 6. The standard InChI is InChI=1S/C23H22BrNO5S/c1-23(2,3)30-20(26)13-25-21(27)19(31-22(25)28)12-16-6-4-5-7-18(16)29-14-15-8-10-17(24)11-9-15/h4-12H,13-14H2,1-3H3. The van der Waals surface area contributed by atoms with E-state index in [2.05, 4.69) is 15.9 Å². The smallest absolute Gasteiger partial charge is 0.326 e. The van der Waals surface area contributed by atoms with Crippen molar-refractivity contribution in [2.45, 2.75) is 33.0 Å². The Hall–Kier alpha value is -2.58. The number of hydrogen-bond donors (Lipinski definition) is 0. The maximum absolute atomic E-state index is 12.7. The van der Waals surface area contributed by atoms with Crippen molar-refractivity contribution in [1.82, 2.24) is 4.90 Å². The molecule has 0 unspecified atom stereocenters. The molecule has 1 saturated heterocycles. The average molecular weight is 504 g/mol. The van der Waals surface area contributed by atoms with Gasteiger partial charge in [0.1, 0.15) is 24.5 Å². The summed E-state index contributed by atoms with van der Waals surface area (Å²) in [5.41, 5.74) is 0.970. The fourth-order valence-electron chi connectivity index (χ4n) is 2.75. The molecule has 2 aromatic rings. The van der Waals surface area contributed by atoms with Crippen molar-refractivity contribution in [3.63, 3.8) is 0 Å². The van der Waals surface area contributed by atoms with Crippen LogP contribution in [0.25, 0.3) is 6.08 Å². The summed E-state index contributed by atoms with van der Waals surface area (Å²) in [6.45, 7) is 5.12. The Balaban J connectivity index is 1.73. The predicted octanol–water partition coefficient (Wildman–Crippen LogP) is 5.41. The number of thioether (sulfide) groups is 1. The quantitative estimate of drug-likeness (QED) is 0.387. The summed E-state index contributed by atoms with van der Waals surface area (Å²) in [4.78, 5) is 38.2. The molecule has 2 amide bonds. The zero-order valence-electron chi connectivity index (χ0n) is 17.4. The Morgan fingerprint density at radius 2 is 1.77 bits per heavy atom. The summed E-state index contributed by atoms with van der Waals surface area (Å²) < 4.78 is 12.1. The molecule has 0 saturated carbocycles. The third-order valence-electron chi connectivity index (χ3n) is 4.09. The summed E-state index contributed by atoms with van der Waals surface area (Å²) in [5.74, 6) is -0.567. The summed E-state index contributed by atoms with van der Waals surface area (Å²) >= 11 is 4.19. The monoisotopic (exact) mass is 503 g/mol. The van der Waals surface area contributed by atoms with Gasteiger partial charge in [-0.05, 0) is 62.4 Å². The minimum absolute atomic E-state index is 0.230. The molecule has 0 atom stereocenters. The van der Waals surface area contributed by atoms with Crippen LogP contribution in [0.2, 0.25) is 0 Å². The number of amides is 2. The lowest BCUT2D eigenvalue weighted by Crippen LogP contribution is -2.37. The van der Waals surface area contributed by atoms with E-state index >= 15 is 0 Å². The number of esters is 1. The molecule has 1 aliphatic heterocycles. The van der Waals surface area contributed by atoms with Crippen LogP contribution < -0.4 is 4.74 Å².